The second-order valence-electron chi connectivity index (χ2n) is 2.98. The number of halogens is 2. The summed E-state index contributed by atoms with van der Waals surface area (Å²) in [5, 5.41) is 3.38. The van der Waals surface area contributed by atoms with Gasteiger partial charge in [0.2, 0.25) is 0 Å². The van der Waals surface area contributed by atoms with Crippen LogP contribution in [-0.4, -0.2) is 12.6 Å². The lowest BCUT2D eigenvalue weighted by Gasteiger charge is -2.09. The first-order chi connectivity index (χ1) is 6.09. The Balaban J connectivity index is 2.70. The molecule has 3 N–H and O–H groups in total. The van der Waals surface area contributed by atoms with Gasteiger partial charge in [-0.25, -0.2) is 4.39 Å². The first kappa shape index (κ1) is 10.3. The van der Waals surface area contributed by atoms with Crippen LogP contribution in [0.3, 0.4) is 0 Å². The van der Waals surface area contributed by atoms with E-state index < -0.39 is 0 Å². The van der Waals surface area contributed by atoms with E-state index >= 15 is 0 Å². The van der Waals surface area contributed by atoms with Crippen molar-refractivity contribution in [2.45, 2.75) is 13.0 Å². The second-order valence-corrected chi connectivity index (χ2v) is 3.42. The summed E-state index contributed by atoms with van der Waals surface area (Å²) in [5.74, 6) is -0.315. The summed E-state index contributed by atoms with van der Waals surface area (Å²) in [5.41, 5.74) is 5.90. The van der Waals surface area contributed by atoms with Crippen molar-refractivity contribution in [2.75, 3.05) is 11.9 Å². The van der Waals surface area contributed by atoms with Crippen LogP contribution < -0.4 is 11.1 Å². The lowest BCUT2D eigenvalue weighted by Crippen LogP contribution is -2.25. The molecule has 1 aromatic rings. The molecular formula is C9H12ClFN2. The highest BCUT2D eigenvalue weighted by molar-refractivity contribution is 6.30. The summed E-state index contributed by atoms with van der Waals surface area (Å²) in [7, 11) is 0. The smallest absolute Gasteiger partial charge is 0.146 e. The van der Waals surface area contributed by atoms with Crippen LogP contribution in [0, 0.1) is 5.82 Å². The van der Waals surface area contributed by atoms with E-state index in [9.17, 15) is 4.39 Å². The van der Waals surface area contributed by atoms with Crippen LogP contribution in [0.4, 0.5) is 10.1 Å². The maximum Gasteiger partial charge on any atom is 0.146 e. The largest absolute Gasteiger partial charge is 0.381 e. The molecule has 0 aliphatic heterocycles. The predicted molar refractivity (Wildman–Crippen MR) is 53.5 cm³/mol. The van der Waals surface area contributed by atoms with Crippen molar-refractivity contribution >= 4 is 17.3 Å². The molecule has 0 amide bonds. The van der Waals surface area contributed by atoms with Gasteiger partial charge in [0.25, 0.3) is 0 Å². The van der Waals surface area contributed by atoms with Gasteiger partial charge in [-0.3, -0.25) is 0 Å². The van der Waals surface area contributed by atoms with Crippen molar-refractivity contribution in [1.29, 1.82) is 0 Å². The number of nitrogens with one attached hydrogen (secondary N) is 1. The molecule has 0 spiro atoms. The Hall–Kier alpha value is -0.800. The van der Waals surface area contributed by atoms with E-state index in [1.165, 1.54) is 12.1 Å². The van der Waals surface area contributed by atoms with E-state index in [1.807, 2.05) is 6.92 Å². The Labute approximate surface area is 81.9 Å². The molecule has 0 fully saturated rings. The summed E-state index contributed by atoms with van der Waals surface area (Å²) < 4.78 is 13.1. The molecule has 0 aliphatic carbocycles. The lowest BCUT2D eigenvalue weighted by molar-refractivity contribution is 0.628. The summed E-state index contributed by atoms with van der Waals surface area (Å²) >= 11 is 5.69. The zero-order chi connectivity index (χ0) is 9.84. The van der Waals surface area contributed by atoms with Gasteiger partial charge >= 0.3 is 0 Å². The number of hydrogen-bond donors (Lipinski definition) is 2. The molecule has 0 saturated carbocycles. The number of nitrogens with two attached hydrogens (primary N) is 1. The predicted octanol–water partition coefficient (Wildman–Crippen LogP) is 2.24. The Morgan fingerprint density at radius 1 is 1.62 bits per heavy atom. The molecule has 2 nitrogen and oxygen atoms in total. The van der Waals surface area contributed by atoms with Gasteiger partial charge in [-0.1, -0.05) is 11.6 Å². The monoisotopic (exact) mass is 202 g/mol. The Kier molecular flexibility index (Phi) is 3.51. The highest BCUT2D eigenvalue weighted by Gasteiger charge is 2.02. The Morgan fingerprint density at radius 3 is 2.92 bits per heavy atom. The molecule has 0 saturated heterocycles. The van der Waals surface area contributed by atoms with Crippen LogP contribution in [0.25, 0.3) is 0 Å². The minimum Gasteiger partial charge on any atom is -0.381 e. The maximum absolute atomic E-state index is 13.1. The van der Waals surface area contributed by atoms with Crippen LogP contribution in [0.15, 0.2) is 18.2 Å². The summed E-state index contributed by atoms with van der Waals surface area (Å²) in [6.07, 6.45) is 0. The fraction of sp³-hybridized carbons (Fsp3) is 0.333. The zero-order valence-corrected chi connectivity index (χ0v) is 8.11. The number of anilines is 1. The van der Waals surface area contributed by atoms with Gasteiger partial charge in [-0.2, -0.15) is 0 Å². The number of rotatable bonds is 3. The van der Waals surface area contributed by atoms with Crippen LogP contribution in [0.1, 0.15) is 6.92 Å². The van der Waals surface area contributed by atoms with Crippen molar-refractivity contribution in [3.05, 3.63) is 29.0 Å². The fourth-order valence-electron chi connectivity index (χ4n) is 0.904. The van der Waals surface area contributed by atoms with E-state index in [0.717, 1.165) is 0 Å². The van der Waals surface area contributed by atoms with Gasteiger partial charge in [0.1, 0.15) is 5.82 Å². The molecule has 0 aromatic heterocycles. The molecule has 0 aliphatic rings. The third kappa shape index (κ3) is 3.20. The zero-order valence-electron chi connectivity index (χ0n) is 7.35. The van der Waals surface area contributed by atoms with Crippen molar-refractivity contribution in [3.8, 4) is 0 Å². The molecule has 1 atom stereocenters. The summed E-state index contributed by atoms with van der Waals surface area (Å²) in [6, 6.07) is 4.36. The van der Waals surface area contributed by atoms with Gasteiger partial charge < -0.3 is 11.1 Å². The second kappa shape index (κ2) is 4.44. The molecular weight excluding hydrogens is 191 g/mol. The van der Waals surface area contributed by atoms with Gasteiger partial charge in [0.05, 0.1) is 5.69 Å². The molecule has 0 heterocycles. The van der Waals surface area contributed by atoms with Gasteiger partial charge in [-0.15, -0.1) is 0 Å². The highest BCUT2D eigenvalue weighted by Crippen LogP contribution is 2.19. The lowest BCUT2D eigenvalue weighted by atomic mass is 10.3. The van der Waals surface area contributed by atoms with Crippen LogP contribution in [0.5, 0.6) is 0 Å². The average Bonchev–Trinajstić information content (AvgIpc) is 2.06. The van der Waals surface area contributed by atoms with Crippen molar-refractivity contribution in [1.82, 2.24) is 0 Å². The third-order valence-electron chi connectivity index (χ3n) is 1.54. The van der Waals surface area contributed by atoms with E-state index in [0.29, 0.717) is 17.3 Å². The van der Waals surface area contributed by atoms with Crippen LogP contribution >= 0.6 is 11.6 Å². The van der Waals surface area contributed by atoms with Crippen molar-refractivity contribution < 1.29 is 4.39 Å². The minimum atomic E-state index is -0.315. The van der Waals surface area contributed by atoms with Crippen LogP contribution in [-0.2, 0) is 0 Å². The first-order valence-corrected chi connectivity index (χ1v) is 4.42. The van der Waals surface area contributed by atoms with Crippen LogP contribution in [0.2, 0.25) is 5.02 Å². The number of benzene rings is 1. The van der Waals surface area contributed by atoms with Crippen molar-refractivity contribution in [3.63, 3.8) is 0 Å². The van der Waals surface area contributed by atoms with E-state index in [-0.39, 0.29) is 11.9 Å². The fourth-order valence-corrected chi connectivity index (χ4v) is 1.08. The third-order valence-corrected chi connectivity index (χ3v) is 1.78. The SMILES string of the molecule is CC(N)CNc1cc(Cl)ccc1F. The Morgan fingerprint density at radius 2 is 2.31 bits per heavy atom. The highest BCUT2D eigenvalue weighted by atomic mass is 35.5. The normalized spacial score (nSPS) is 12.6. The van der Waals surface area contributed by atoms with Gasteiger partial charge in [-0.05, 0) is 25.1 Å². The average molecular weight is 203 g/mol. The molecule has 0 radical (unpaired) electrons. The maximum atomic E-state index is 13.1. The van der Waals surface area contributed by atoms with Crippen molar-refractivity contribution in [2.24, 2.45) is 5.73 Å². The molecule has 72 valence electrons. The molecule has 1 unspecified atom stereocenters. The van der Waals surface area contributed by atoms with Gasteiger partial charge in [0.15, 0.2) is 0 Å². The summed E-state index contributed by atoms with van der Waals surface area (Å²) in [4.78, 5) is 0. The van der Waals surface area contributed by atoms with E-state index in [4.69, 9.17) is 17.3 Å². The van der Waals surface area contributed by atoms with E-state index in [2.05, 4.69) is 5.32 Å². The molecule has 1 aromatic carbocycles. The quantitative estimate of drug-likeness (QED) is 0.789. The summed E-state index contributed by atoms with van der Waals surface area (Å²) in [6.45, 7) is 2.37. The topological polar surface area (TPSA) is 38.0 Å². The molecule has 4 heteroatoms. The Bertz CT molecular complexity index is 289. The van der Waals surface area contributed by atoms with Gasteiger partial charge in [0, 0.05) is 17.6 Å². The first-order valence-electron chi connectivity index (χ1n) is 4.04. The standard InChI is InChI=1S/C9H12ClFN2/c1-6(12)5-13-9-4-7(10)2-3-8(9)11/h2-4,6,13H,5,12H2,1H3. The number of hydrogen-bond acceptors (Lipinski definition) is 2. The molecule has 13 heavy (non-hydrogen) atoms. The molecule has 0 bridgehead atoms. The minimum absolute atomic E-state index is 0.0154. The van der Waals surface area contributed by atoms with E-state index in [1.54, 1.807) is 6.07 Å². The molecule has 1 rings (SSSR count).